The van der Waals surface area contributed by atoms with Crippen molar-refractivity contribution >= 4 is 11.1 Å². The lowest BCUT2D eigenvalue weighted by atomic mass is 10.1. The molecule has 2 N–H and O–H groups in total. The standard InChI is InChI=1S/C12H8N4O2/c13-4-3-11-14-6-9(15-11)7-1-2-10-8(5-7)16-12(17)18-10/h1-2,5-6H,3H2,(H,14,15)(H,16,17). The van der Waals surface area contributed by atoms with Gasteiger partial charge in [0.05, 0.1) is 29.9 Å². The predicted octanol–water partition coefficient (Wildman–Crippen LogP) is 1.58. The average molecular weight is 240 g/mol. The first-order valence-corrected chi connectivity index (χ1v) is 5.30. The number of hydrogen-bond donors (Lipinski definition) is 2. The number of H-pyrrole nitrogens is 2. The van der Waals surface area contributed by atoms with Crippen LogP contribution in [0.25, 0.3) is 22.4 Å². The third kappa shape index (κ3) is 1.68. The second-order valence-corrected chi connectivity index (χ2v) is 3.80. The molecule has 88 valence electrons. The first-order valence-electron chi connectivity index (χ1n) is 5.30. The summed E-state index contributed by atoms with van der Waals surface area (Å²) in [4.78, 5) is 20.8. The van der Waals surface area contributed by atoms with Crippen molar-refractivity contribution < 1.29 is 4.42 Å². The van der Waals surface area contributed by atoms with Crippen LogP contribution in [0, 0.1) is 11.3 Å². The Bertz CT molecular complexity index is 803. The van der Waals surface area contributed by atoms with Gasteiger partial charge in [0.25, 0.3) is 0 Å². The maximum Gasteiger partial charge on any atom is 0.417 e. The first-order chi connectivity index (χ1) is 8.76. The molecule has 0 aliphatic carbocycles. The van der Waals surface area contributed by atoms with Crippen molar-refractivity contribution in [3.8, 4) is 17.3 Å². The number of nitrogens with zero attached hydrogens (tertiary/aromatic N) is 2. The van der Waals surface area contributed by atoms with E-state index in [4.69, 9.17) is 9.68 Å². The Hall–Kier alpha value is -2.81. The molecule has 2 aromatic heterocycles. The average Bonchev–Trinajstić information content (AvgIpc) is 2.93. The highest BCUT2D eigenvalue weighted by molar-refractivity contribution is 5.78. The molecule has 0 spiro atoms. The number of rotatable bonds is 2. The fraction of sp³-hybridized carbons (Fsp3) is 0.0833. The molecule has 0 aliphatic heterocycles. The summed E-state index contributed by atoms with van der Waals surface area (Å²) in [6, 6.07) is 7.36. The number of fused-ring (bicyclic) bond motifs is 1. The van der Waals surface area contributed by atoms with Crippen LogP contribution in [0.3, 0.4) is 0 Å². The van der Waals surface area contributed by atoms with Gasteiger partial charge < -0.3 is 9.40 Å². The summed E-state index contributed by atoms with van der Waals surface area (Å²) in [7, 11) is 0. The Labute approximate surface area is 101 Å². The van der Waals surface area contributed by atoms with Crippen LogP contribution in [0.2, 0.25) is 0 Å². The van der Waals surface area contributed by atoms with Crippen molar-refractivity contribution in [1.29, 1.82) is 5.26 Å². The van der Waals surface area contributed by atoms with Crippen LogP contribution >= 0.6 is 0 Å². The number of oxazole rings is 1. The van der Waals surface area contributed by atoms with Crippen LogP contribution in [0.5, 0.6) is 0 Å². The lowest BCUT2D eigenvalue weighted by Gasteiger charge is -1.96. The predicted molar refractivity (Wildman–Crippen MR) is 63.7 cm³/mol. The van der Waals surface area contributed by atoms with Gasteiger partial charge >= 0.3 is 5.76 Å². The van der Waals surface area contributed by atoms with Crippen LogP contribution in [0.1, 0.15) is 5.82 Å². The van der Waals surface area contributed by atoms with Gasteiger partial charge in [-0.05, 0) is 18.2 Å². The van der Waals surface area contributed by atoms with Crippen molar-refractivity contribution in [1.82, 2.24) is 15.0 Å². The van der Waals surface area contributed by atoms with E-state index >= 15 is 0 Å². The monoisotopic (exact) mass is 240 g/mol. The molecule has 3 aromatic rings. The number of imidazole rings is 1. The van der Waals surface area contributed by atoms with E-state index in [1.54, 1.807) is 18.3 Å². The smallest absolute Gasteiger partial charge is 0.408 e. The largest absolute Gasteiger partial charge is 0.417 e. The number of nitriles is 1. The molecular formula is C12H8N4O2. The fourth-order valence-electron chi connectivity index (χ4n) is 1.79. The van der Waals surface area contributed by atoms with Crippen LogP contribution < -0.4 is 5.76 Å². The van der Waals surface area contributed by atoms with Gasteiger partial charge in [-0.3, -0.25) is 4.98 Å². The number of hydrogen-bond acceptors (Lipinski definition) is 4. The zero-order valence-corrected chi connectivity index (χ0v) is 9.23. The second kappa shape index (κ2) is 3.89. The van der Waals surface area contributed by atoms with E-state index in [-0.39, 0.29) is 6.42 Å². The lowest BCUT2D eigenvalue weighted by molar-refractivity contribution is 0.555. The number of nitrogens with one attached hydrogen (secondary N) is 2. The minimum Gasteiger partial charge on any atom is -0.408 e. The third-order valence-corrected chi connectivity index (χ3v) is 2.60. The maximum absolute atomic E-state index is 11.0. The van der Waals surface area contributed by atoms with Crippen LogP contribution in [-0.2, 0) is 6.42 Å². The molecule has 0 saturated carbocycles. The summed E-state index contributed by atoms with van der Waals surface area (Å²) >= 11 is 0. The van der Waals surface area contributed by atoms with Gasteiger partial charge in [0.1, 0.15) is 5.82 Å². The molecule has 0 fully saturated rings. The van der Waals surface area contributed by atoms with Crippen LogP contribution in [0.15, 0.2) is 33.6 Å². The number of benzene rings is 1. The molecule has 0 atom stereocenters. The van der Waals surface area contributed by atoms with E-state index in [1.807, 2.05) is 12.1 Å². The first kappa shape index (κ1) is 10.4. The molecule has 6 nitrogen and oxygen atoms in total. The summed E-state index contributed by atoms with van der Waals surface area (Å²) in [6.07, 6.45) is 1.90. The summed E-state index contributed by atoms with van der Waals surface area (Å²) in [5.74, 6) is 0.144. The van der Waals surface area contributed by atoms with E-state index in [0.717, 1.165) is 11.3 Å². The van der Waals surface area contributed by atoms with E-state index in [0.29, 0.717) is 16.9 Å². The van der Waals surface area contributed by atoms with Crippen molar-refractivity contribution in [2.45, 2.75) is 6.42 Å². The topological polar surface area (TPSA) is 98.5 Å². The highest BCUT2D eigenvalue weighted by Crippen LogP contribution is 2.21. The third-order valence-electron chi connectivity index (χ3n) is 2.60. The van der Waals surface area contributed by atoms with Gasteiger partial charge in [0.2, 0.25) is 0 Å². The fourth-order valence-corrected chi connectivity index (χ4v) is 1.79. The summed E-state index contributed by atoms with van der Waals surface area (Å²) < 4.78 is 4.92. The molecule has 0 unspecified atom stereocenters. The minimum absolute atomic E-state index is 0.241. The molecule has 0 saturated heterocycles. The zero-order valence-electron chi connectivity index (χ0n) is 9.23. The van der Waals surface area contributed by atoms with E-state index < -0.39 is 5.76 Å². The Balaban J connectivity index is 2.07. The second-order valence-electron chi connectivity index (χ2n) is 3.80. The van der Waals surface area contributed by atoms with Crippen molar-refractivity contribution in [2.24, 2.45) is 0 Å². The van der Waals surface area contributed by atoms with E-state index in [2.05, 4.69) is 15.0 Å². The van der Waals surface area contributed by atoms with Gasteiger partial charge in [0.15, 0.2) is 5.58 Å². The van der Waals surface area contributed by atoms with Gasteiger partial charge in [-0.2, -0.15) is 5.26 Å². The molecule has 1 aromatic carbocycles. The molecule has 0 bridgehead atoms. The molecule has 18 heavy (non-hydrogen) atoms. The minimum atomic E-state index is -0.475. The molecule has 0 aliphatic rings. The van der Waals surface area contributed by atoms with Crippen molar-refractivity contribution in [2.75, 3.05) is 0 Å². The van der Waals surface area contributed by atoms with Crippen molar-refractivity contribution in [3.05, 3.63) is 40.8 Å². The SMILES string of the molecule is N#CCc1ncc(-c2ccc3oc(=O)[nH]c3c2)[nH]1. The molecule has 0 amide bonds. The summed E-state index contributed by atoms with van der Waals surface area (Å²) in [5.41, 5.74) is 2.81. The van der Waals surface area contributed by atoms with Crippen LogP contribution in [-0.4, -0.2) is 15.0 Å². The highest BCUT2D eigenvalue weighted by Gasteiger charge is 2.06. The quantitative estimate of drug-likeness (QED) is 0.710. The van der Waals surface area contributed by atoms with E-state index in [1.165, 1.54) is 0 Å². The Morgan fingerprint density at radius 1 is 1.39 bits per heavy atom. The highest BCUT2D eigenvalue weighted by atomic mass is 16.4. The van der Waals surface area contributed by atoms with Gasteiger partial charge in [0, 0.05) is 5.56 Å². The van der Waals surface area contributed by atoms with E-state index in [9.17, 15) is 4.79 Å². The molecule has 2 heterocycles. The van der Waals surface area contributed by atoms with Crippen molar-refractivity contribution in [3.63, 3.8) is 0 Å². The van der Waals surface area contributed by atoms with Gasteiger partial charge in [-0.15, -0.1) is 0 Å². The molecule has 6 heteroatoms. The molecular weight excluding hydrogens is 232 g/mol. The Morgan fingerprint density at radius 3 is 3.11 bits per heavy atom. The lowest BCUT2D eigenvalue weighted by Crippen LogP contribution is -1.92. The van der Waals surface area contributed by atoms with Gasteiger partial charge in [-0.25, -0.2) is 9.78 Å². The maximum atomic E-state index is 11.0. The summed E-state index contributed by atoms with van der Waals surface area (Å²) in [5, 5.41) is 8.58. The number of aromatic amines is 2. The molecule has 3 rings (SSSR count). The Kier molecular flexibility index (Phi) is 2.24. The number of aromatic nitrogens is 3. The molecule has 0 radical (unpaired) electrons. The zero-order chi connectivity index (χ0) is 12.5. The Morgan fingerprint density at radius 2 is 2.28 bits per heavy atom. The normalized spacial score (nSPS) is 10.6. The summed E-state index contributed by atoms with van der Waals surface area (Å²) in [6.45, 7) is 0. The van der Waals surface area contributed by atoms with Crippen LogP contribution in [0.4, 0.5) is 0 Å². The van der Waals surface area contributed by atoms with Gasteiger partial charge in [-0.1, -0.05) is 0 Å².